The molecular formula is C12H12O2. The molecule has 0 saturated heterocycles. The van der Waals surface area contributed by atoms with Gasteiger partial charge in [-0.1, -0.05) is 23.8 Å². The molecule has 0 heterocycles. The maximum Gasteiger partial charge on any atom is 0.152 e. The highest BCUT2D eigenvalue weighted by Gasteiger charge is 1.98. The van der Waals surface area contributed by atoms with Gasteiger partial charge in [0.05, 0.1) is 0 Å². The number of aldehydes is 1. The number of carbonyl (C=O) groups excluding carboxylic acids is 2. The van der Waals surface area contributed by atoms with Crippen molar-refractivity contribution in [2.45, 2.75) is 13.8 Å². The Labute approximate surface area is 83.3 Å². The van der Waals surface area contributed by atoms with Gasteiger partial charge in [-0.3, -0.25) is 9.59 Å². The molecule has 0 unspecified atom stereocenters. The van der Waals surface area contributed by atoms with Crippen LogP contribution in [-0.4, -0.2) is 12.1 Å². The molecule has 1 rings (SSSR count). The molecule has 0 radical (unpaired) electrons. The Hall–Kier alpha value is -1.70. The minimum absolute atomic E-state index is 0.0255. The van der Waals surface area contributed by atoms with E-state index in [0.29, 0.717) is 5.56 Å². The molecule has 1 aromatic carbocycles. The topological polar surface area (TPSA) is 34.1 Å². The summed E-state index contributed by atoms with van der Waals surface area (Å²) in [6.45, 7) is 3.40. The number of rotatable bonds is 3. The third-order valence-corrected chi connectivity index (χ3v) is 1.87. The number of carbonyl (C=O) groups is 2. The van der Waals surface area contributed by atoms with E-state index in [-0.39, 0.29) is 5.78 Å². The molecule has 0 aliphatic carbocycles. The van der Waals surface area contributed by atoms with Gasteiger partial charge in [0, 0.05) is 5.56 Å². The summed E-state index contributed by atoms with van der Waals surface area (Å²) in [4.78, 5) is 21.4. The molecule has 0 amide bonds. The van der Waals surface area contributed by atoms with E-state index in [1.54, 1.807) is 12.1 Å². The lowest BCUT2D eigenvalue weighted by molar-refractivity contribution is -0.112. The fourth-order valence-electron chi connectivity index (χ4n) is 1.16. The summed E-state index contributed by atoms with van der Waals surface area (Å²) in [7, 11) is 0. The van der Waals surface area contributed by atoms with Crippen LogP contribution in [0.3, 0.4) is 0 Å². The third kappa shape index (κ3) is 2.66. The number of allylic oxidation sites excluding steroid dienone is 1. The summed E-state index contributed by atoms with van der Waals surface area (Å²) < 4.78 is 0. The standard InChI is InChI=1S/C12H12O2/c1-9-3-5-11(6-4-10(2)14)12(7-9)8-13/h3-8H,1-2H3/b6-4+. The number of ketones is 1. The van der Waals surface area contributed by atoms with Gasteiger partial charge < -0.3 is 0 Å². The first-order valence-corrected chi connectivity index (χ1v) is 4.38. The smallest absolute Gasteiger partial charge is 0.152 e. The average molecular weight is 188 g/mol. The summed E-state index contributed by atoms with van der Waals surface area (Å²) in [5.41, 5.74) is 2.43. The van der Waals surface area contributed by atoms with E-state index < -0.39 is 0 Å². The zero-order valence-corrected chi connectivity index (χ0v) is 8.28. The molecule has 0 aliphatic rings. The van der Waals surface area contributed by atoms with Crippen LogP contribution < -0.4 is 0 Å². The van der Waals surface area contributed by atoms with Crippen molar-refractivity contribution in [3.8, 4) is 0 Å². The van der Waals surface area contributed by atoms with Crippen LogP contribution in [0.1, 0.15) is 28.4 Å². The highest BCUT2D eigenvalue weighted by molar-refractivity contribution is 5.93. The quantitative estimate of drug-likeness (QED) is 0.539. The first-order chi connectivity index (χ1) is 6.63. The maximum atomic E-state index is 10.7. The number of aryl methyl sites for hydroxylation is 1. The molecule has 0 spiro atoms. The Bertz CT molecular complexity index is 389. The summed E-state index contributed by atoms with van der Waals surface area (Å²) in [5.74, 6) is -0.0255. The van der Waals surface area contributed by atoms with Gasteiger partial charge in [0.15, 0.2) is 12.1 Å². The van der Waals surface area contributed by atoms with Gasteiger partial charge in [0.2, 0.25) is 0 Å². The van der Waals surface area contributed by atoms with E-state index >= 15 is 0 Å². The van der Waals surface area contributed by atoms with E-state index in [0.717, 1.165) is 17.4 Å². The average Bonchev–Trinajstić information content (AvgIpc) is 2.15. The van der Waals surface area contributed by atoms with Gasteiger partial charge in [-0.25, -0.2) is 0 Å². The Morgan fingerprint density at radius 3 is 2.57 bits per heavy atom. The van der Waals surface area contributed by atoms with Crippen molar-refractivity contribution in [3.63, 3.8) is 0 Å². The molecule has 72 valence electrons. The number of hydrogen-bond donors (Lipinski definition) is 0. The second-order valence-corrected chi connectivity index (χ2v) is 3.19. The first kappa shape index (κ1) is 10.4. The lowest BCUT2D eigenvalue weighted by Crippen LogP contribution is -1.88. The Morgan fingerprint density at radius 1 is 1.29 bits per heavy atom. The molecule has 14 heavy (non-hydrogen) atoms. The highest BCUT2D eigenvalue weighted by atomic mass is 16.1. The van der Waals surface area contributed by atoms with Gasteiger partial charge in [0.25, 0.3) is 0 Å². The lowest BCUT2D eigenvalue weighted by atomic mass is 10.0. The normalized spacial score (nSPS) is 10.4. The van der Waals surface area contributed by atoms with Gasteiger partial charge >= 0.3 is 0 Å². The second kappa shape index (κ2) is 4.51. The molecule has 0 saturated carbocycles. The molecule has 0 bridgehead atoms. The van der Waals surface area contributed by atoms with Crippen LogP contribution in [0.25, 0.3) is 6.08 Å². The first-order valence-electron chi connectivity index (χ1n) is 4.38. The predicted molar refractivity (Wildman–Crippen MR) is 56.3 cm³/mol. The van der Waals surface area contributed by atoms with Crippen LogP contribution in [0.4, 0.5) is 0 Å². The molecule has 2 heteroatoms. The molecule has 1 aromatic rings. The summed E-state index contributed by atoms with van der Waals surface area (Å²) in [5, 5.41) is 0. The molecular weight excluding hydrogens is 176 g/mol. The van der Waals surface area contributed by atoms with Gasteiger partial charge in [-0.15, -0.1) is 0 Å². The zero-order chi connectivity index (χ0) is 10.6. The molecule has 0 atom stereocenters. The van der Waals surface area contributed by atoms with E-state index in [1.165, 1.54) is 13.0 Å². The zero-order valence-electron chi connectivity index (χ0n) is 8.28. The van der Waals surface area contributed by atoms with Crippen LogP contribution in [0.2, 0.25) is 0 Å². The van der Waals surface area contributed by atoms with Gasteiger partial charge in [0.1, 0.15) is 0 Å². The Kier molecular flexibility index (Phi) is 3.35. The predicted octanol–water partition coefficient (Wildman–Crippen LogP) is 2.41. The number of hydrogen-bond acceptors (Lipinski definition) is 2. The monoisotopic (exact) mass is 188 g/mol. The third-order valence-electron chi connectivity index (χ3n) is 1.87. The summed E-state index contributed by atoms with van der Waals surface area (Å²) in [6.07, 6.45) is 3.91. The van der Waals surface area contributed by atoms with Crippen molar-refractivity contribution in [3.05, 3.63) is 41.0 Å². The Balaban J connectivity index is 3.08. The van der Waals surface area contributed by atoms with Crippen LogP contribution in [0.15, 0.2) is 24.3 Å². The van der Waals surface area contributed by atoms with E-state index in [1.807, 2.05) is 19.1 Å². The lowest BCUT2D eigenvalue weighted by Gasteiger charge is -1.99. The van der Waals surface area contributed by atoms with Crippen molar-refractivity contribution < 1.29 is 9.59 Å². The Morgan fingerprint density at radius 2 is 2.00 bits per heavy atom. The van der Waals surface area contributed by atoms with Gasteiger partial charge in [-0.2, -0.15) is 0 Å². The summed E-state index contributed by atoms with van der Waals surface area (Å²) in [6, 6.07) is 5.54. The highest BCUT2D eigenvalue weighted by Crippen LogP contribution is 2.11. The van der Waals surface area contributed by atoms with E-state index in [2.05, 4.69) is 0 Å². The molecule has 0 fully saturated rings. The van der Waals surface area contributed by atoms with E-state index in [4.69, 9.17) is 0 Å². The molecule has 0 N–H and O–H groups in total. The van der Waals surface area contributed by atoms with Crippen molar-refractivity contribution >= 4 is 18.1 Å². The summed E-state index contributed by atoms with van der Waals surface area (Å²) >= 11 is 0. The second-order valence-electron chi connectivity index (χ2n) is 3.19. The van der Waals surface area contributed by atoms with Crippen molar-refractivity contribution in [1.82, 2.24) is 0 Å². The van der Waals surface area contributed by atoms with Gasteiger partial charge in [-0.05, 0) is 31.6 Å². The largest absolute Gasteiger partial charge is 0.298 e. The minimum atomic E-state index is -0.0255. The molecule has 2 nitrogen and oxygen atoms in total. The van der Waals surface area contributed by atoms with E-state index in [9.17, 15) is 9.59 Å². The van der Waals surface area contributed by atoms with Crippen LogP contribution in [0, 0.1) is 6.92 Å². The van der Waals surface area contributed by atoms with Crippen LogP contribution in [0.5, 0.6) is 0 Å². The minimum Gasteiger partial charge on any atom is -0.298 e. The maximum absolute atomic E-state index is 10.7. The molecule has 0 aromatic heterocycles. The fourth-order valence-corrected chi connectivity index (χ4v) is 1.16. The number of benzene rings is 1. The van der Waals surface area contributed by atoms with Crippen LogP contribution >= 0.6 is 0 Å². The van der Waals surface area contributed by atoms with Crippen molar-refractivity contribution in [2.24, 2.45) is 0 Å². The van der Waals surface area contributed by atoms with Crippen molar-refractivity contribution in [2.75, 3.05) is 0 Å². The van der Waals surface area contributed by atoms with Crippen molar-refractivity contribution in [1.29, 1.82) is 0 Å². The van der Waals surface area contributed by atoms with Crippen LogP contribution in [-0.2, 0) is 4.79 Å². The SMILES string of the molecule is CC(=O)/C=C/c1ccc(C)cc1C=O. The molecule has 0 aliphatic heterocycles. The fraction of sp³-hybridized carbons (Fsp3) is 0.167.